The molecule has 2 aromatic rings. The van der Waals surface area contributed by atoms with Gasteiger partial charge >= 0.3 is 12.0 Å². The molecule has 3 rings (SSSR count). The van der Waals surface area contributed by atoms with Gasteiger partial charge in [0.25, 0.3) is 0 Å². The molecule has 8 heteroatoms. The van der Waals surface area contributed by atoms with E-state index in [-0.39, 0.29) is 19.2 Å². The highest BCUT2D eigenvalue weighted by molar-refractivity contribution is 6.31. The number of urea groups is 1. The molecule has 0 radical (unpaired) electrons. The van der Waals surface area contributed by atoms with Crippen LogP contribution in [-0.4, -0.2) is 25.2 Å². The molecule has 1 aromatic heterocycles. The Bertz CT molecular complexity index is 879. The Morgan fingerprint density at radius 2 is 2.11 bits per heavy atom. The summed E-state index contributed by atoms with van der Waals surface area (Å²) >= 11 is 6.26. The van der Waals surface area contributed by atoms with E-state index >= 15 is 0 Å². The van der Waals surface area contributed by atoms with Gasteiger partial charge in [-0.3, -0.25) is 0 Å². The third kappa shape index (κ3) is 4.37. The largest absolute Gasteiger partial charge is 0.467 e. The van der Waals surface area contributed by atoms with E-state index in [4.69, 9.17) is 20.8 Å². The summed E-state index contributed by atoms with van der Waals surface area (Å²) in [6.07, 6.45) is 1.49. The van der Waals surface area contributed by atoms with Gasteiger partial charge in [-0.2, -0.15) is 0 Å². The number of rotatable bonds is 7. The molecule has 28 heavy (non-hydrogen) atoms. The minimum atomic E-state index is -0.727. The highest BCUT2D eigenvalue weighted by Crippen LogP contribution is 2.28. The molecule has 1 aliphatic heterocycles. The minimum Gasteiger partial charge on any atom is -0.467 e. The number of hydrogen-bond donors (Lipinski definition) is 3. The Balaban J connectivity index is 1.89. The van der Waals surface area contributed by atoms with Crippen LogP contribution in [-0.2, 0) is 9.53 Å². The molecule has 0 fully saturated rings. The predicted octanol–water partition coefficient (Wildman–Crippen LogP) is 3.45. The van der Waals surface area contributed by atoms with E-state index in [1.807, 2.05) is 31.2 Å². The van der Waals surface area contributed by atoms with Crippen molar-refractivity contribution in [1.29, 1.82) is 0 Å². The summed E-state index contributed by atoms with van der Waals surface area (Å²) in [6.45, 7) is 4.15. The summed E-state index contributed by atoms with van der Waals surface area (Å²) in [5, 5.41) is 9.37. The maximum atomic E-state index is 12.6. The predicted molar refractivity (Wildman–Crippen MR) is 105 cm³/mol. The molecule has 0 unspecified atom stereocenters. The molecule has 0 spiro atoms. The number of carbonyl (C=O) groups is 2. The first-order valence-electron chi connectivity index (χ1n) is 9.00. The van der Waals surface area contributed by atoms with Crippen molar-refractivity contribution in [2.45, 2.75) is 25.9 Å². The van der Waals surface area contributed by atoms with Gasteiger partial charge in [0.2, 0.25) is 0 Å². The number of hydrogen-bond acceptors (Lipinski definition) is 5. The van der Waals surface area contributed by atoms with Gasteiger partial charge < -0.3 is 25.1 Å². The van der Waals surface area contributed by atoms with Gasteiger partial charge in [-0.25, -0.2) is 9.59 Å². The summed E-state index contributed by atoms with van der Waals surface area (Å²) in [4.78, 5) is 24.8. The van der Waals surface area contributed by atoms with Crippen LogP contribution in [0.5, 0.6) is 0 Å². The van der Waals surface area contributed by atoms with Gasteiger partial charge in [-0.05, 0) is 37.6 Å². The monoisotopic (exact) mass is 403 g/mol. The number of halogens is 1. The van der Waals surface area contributed by atoms with E-state index in [1.165, 1.54) is 6.26 Å². The van der Waals surface area contributed by atoms with Crippen molar-refractivity contribution in [2.75, 3.05) is 13.2 Å². The van der Waals surface area contributed by atoms with E-state index in [0.29, 0.717) is 22.1 Å². The average molecular weight is 404 g/mol. The molecule has 0 bridgehead atoms. The highest BCUT2D eigenvalue weighted by Gasteiger charge is 2.35. The number of amides is 2. The summed E-state index contributed by atoms with van der Waals surface area (Å²) < 4.78 is 10.6. The first kappa shape index (κ1) is 20.0. The molecule has 2 amide bonds. The Morgan fingerprint density at radius 1 is 1.32 bits per heavy atom. The lowest BCUT2D eigenvalue weighted by Gasteiger charge is -2.28. The minimum absolute atomic E-state index is 0.0986. The van der Waals surface area contributed by atoms with Crippen molar-refractivity contribution in [1.82, 2.24) is 16.0 Å². The second-order valence-corrected chi connectivity index (χ2v) is 6.69. The molecule has 3 N–H and O–H groups in total. The average Bonchev–Trinajstić information content (AvgIpc) is 3.20. The van der Waals surface area contributed by atoms with E-state index in [2.05, 4.69) is 16.0 Å². The van der Waals surface area contributed by atoms with Crippen molar-refractivity contribution >= 4 is 23.6 Å². The zero-order valence-corrected chi connectivity index (χ0v) is 16.4. The molecule has 2 atom stereocenters. The van der Waals surface area contributed by atoms with Gasteiger partial charge in [-0.15, -0.1) is 0 Å². The van der Waals surface area contributed by atoms with Crippen LogP contribution in [0.4, 0.5) is 4.79 Å². The van der Waals surface area contributed by atoms with Crippen LogP contribution < -0.4 is 16.0 Å². The van der Waals surface area contributed by atoms with Gasteiger partial charge in [0.15, 0.2) is 0 Å². The zero-order chi connectivity index (χ0) is 20.1. The topological polar surface area (TPSA) is 92.6 Å². The summed E-state index contributed by atoms with van der Waals surface area (Å²) in [5.74, 6) is -0.0619. The van der Waals surface area contributed by atoms with Crippen LogP contribution in [0.15, 0.2) is 58.3 Å². The number of nitrogens with one attached hydrogen (secondary N) is 3. The molecule has 0 saturated heterocycles. The fraction of sp³-hybridized carbons (Fsp3) is 0.300. The van der Waals surface area contributed by atoms with Crippen LogP contribution in [0.25, 0.3) is 0 Å². The van der Waals surface area contributed by atoms with Gasteiger partial charge in [-0.1, -0.05) is 29.8 Å². The normalized spacial score (nSPS) is 17.7. The Hall–Kier alpha value is -2.77. The van der Waals surface area contributed by atoms with Crippen LogP contribution >= 0.6 is 11.6 Å². The van der Waals surface area contributed by atoms with E-state index in [1.54, 1.807) is 19.1 Å². The lowest BCUT2D eigenvalue weighted by molar-refractivity contribution is -0.139. The first-order chi connectivity index (χ1) is 13.5. The number of esters is 1. The molecule has 148 valence electrons. The summed E-state index contributed by atoms with van der Waals surface area (Å²) in [5.41, 5.74) is 1.66. The van der Waals surface area contributed by atoms with Crippen LogP contribution in [0.3, 0.4) is 0 Å². The maximum Gasteiger partial charge on any atom is 0.338 e. The van der Waals surface area contributed by atoms with E-state index in [0.717, 1.165) is 5.56 Å². The Morgan fingerprint density at radius 3 is 2.79 bits per heavy atom. The molecule has 7 nitrogen and oxygen atoms in total. The third-order valence-electron chi connectivity index (χ3n) is 4.43. The number of ether oxygens (including phenoxy) is 1. The second-order valence-electron chi connectivity index (χ2n) is 6.28. The lowest BCUT2D eigenvalue weighted by Crippen LogP contribution is -2.48. The molecule has 2 heterocycles. The van der Waals surface area contributed by atoms with Gasteiger partial charge in [0.05, 0.1) is 18.4 Å². The molecule has 0 saturated carbocycles. The van der Waals surface area contributed by atoms with E-state index < -0.39 is 18.0 Å². The van der Waals surface area contributed by atoms with Crippen molar-refractivity contribution in [3.63, 3.8) is 0 Å². The molecular formula is C20H22ClN3O4. The van der Waals surface area contributed by atoms with Crippen molar-refractivity contribution in [3.05, 3.63) is 70.3 Å². The van der Waals surface area contributed by atoms with Gasteiger partial charge in [0.1, 0.15) is 11.8 Å². The lowest BCUT2D eigenvalue weighted by atomic mass is 9.99. The van der Waals surface area contributed by atoms with Crippen LogP contribution in [0.1, 0.15) is 37.3 Å². The summed E-state index contributed by atoms with van der Waals surface area (Å²) in [6, 6.07) is 9.66. The zero-order valence-electron chi connectivity index (χ0n) is 15.6. The first-order valence-corrected chi connectivity index (χ1v) is 9.38. The second kappa shape index (κ2) is 8.95. The van der Waals surface area contributed by atoms with Crippen molar-refractivity contribution < 1.29 is 18.7 Å². The third-order valence-corrected chi connectivity index (χ3v) is 4.78. The number of furan rings is 1. The quantitative estimate of drug-likeness (QED) is 0.616. The van der Waals surface area contributed by atoms with Gasteiger partial charge in [0, 0.05) is 23.3 Å². The maximum absolute atomic E-state index is 12.6. The molecule has 0 aliphatic carbocycles. The smallest absolute Gasteiger partial charge is 0.338 e. The van der Waals surface area contributed by atoms with Crippen LogP contribution in [0.2, 0.25) is 5.02 Å². The van der Waals surface area contributed by atoms with E-state index in [9.17, 15) is 9.59 Å². The van der Waals surface area contributed by atoms with Crippen LogP contribution in [0, 0.1) is 0 Å². The number of benzene rings is 1. The highest BCUT2D eigenvalue weighted by atomic mass is 35.5. The Labute approximate surface area is 168 Å². The van der Waals surface area contributed by atoms with Crippen molar-refractivity contribution in [3.8, 4) is 0 Å². The fourth-order valence-corrected chi connectivity index (χ4v) is 3.37. The number of carbonyl (C=O) groups excluding carboxylic acids is 2. The molecule has 1 aromatic carbocycles. The molecular weight excluding hydrogens is 382 g/mol. The fourth-order valence-electron chi connectivity index (χ4n) is 3.07. The van der Waals surface area contributed by atoms with Crippen molar-refractivity contribution in [2.24, 2.45) is 0 Å². The molecule has 1 aliphatic rings. The Kier molecular flexibility index (Phi) is 6.38. The summed E-state index contributed by atoms with van der Waals surface area (Å²) in [7, 11) is 0. The standard InChI is InChI=1S/C20H22ClN3O4/c1-3-27-19(25)17-15(11-22-12(2)13-7-4-5-8-14(13)21)23-20(26)24-18(17)16-9-6-10-28-16/h4-10,12,18,22H,3,11H2,1-2H3,(H2,23,24,26)/t12-,18-/m0/s1. The SMILES string of the molecule is CCOC(=O)C1=C(CN[C@@H](C)c2ccccc2Cl)NC(=O)N[C@H]1c1ccco1.